The van der Waals surface area contributed by atoms with E-state index in [-0.39, 0.29) is 12.2 Å². The third-order valence-corrected chi connectivity index (χ3v) is 6.20. The standard InChI is InChI=1S/C25H26N2O6S/c1-5-30-18-11-10-16(13-19(18)31-6-2)22-21(24(29)32-7-3)15(4)26-25-27(22)23(28)20(34-25)14-17-9-8-12-33-17/h8-14,22H,5-7H2,1-4H3. The summed E-state index contributed by atoms with van der Waals surface area (Å²) >= 11 is 1.24. The maximum absolute atomic E-state index is 13.5. The minimum atomic E-state index is -0.732. The van der Waals surface area contributed by atoms with Crippen LogP contribution >= 0.6 is 11.3 Å². The zero-order chi connectivity index (χ0) is 24.2. The highest BCUT2D eigenvalue weighted by atomic mass is 32.1. The molecule has 9 heteroatoms. The molecule has 8 nitrogen and oxygen atoms in total. The zero-order valence-electron chi connectivity index (χ0n) is 19.5. The van der Waals surface area contributed by atoms with Crippen molar-refractivity contribution in [2.75, 3.05) is 19.8 Å². The predicted octanol–water partition coefficient (Wildman–Crippen LogP) is 3.19. The van der Waals surface area contributed by atoms with E-state index in [1.807, 2.05) is 19.9 Å². The second-order valence-corrected chi connectivity index (χ2v) is 8.40. The summed E-state index contributed by atoms with van der Waals surface area (Å²) in [4.78, 5) is 31.6. The van der Waals surface area contributed by atoms with Crippen LogP contribution in [0.3, 0.4) is 0 Å². The SMILES string of the molecule is CCOC(=O)C1=C(C)N=c2sc(=Cc3ccco3)c(=O)n2C1c1ccc(OCC)c(OCC)c1. The Labute approximate surface area is 200 Å². The molecule has 0 aliphatic carbocycles. The molecule has 1 aromatic carbocycles. The van der Waals surface area contributed by atoms with Gasteiger partial charge in [-0.1, -0.05) is 17.4 Å². The largest absolute Gasteiger partial charge is 0.490 e. The Kier molecular flexibility index (Phi) is 7.02. The van der Waals surface area contributed by atoms with Gasteiger partial charge in [0.2, 0.25) is 0 Å². The van der Waals surface area contributed by atoms with Crippen LogP contribution < -0.4 is 24.4 Å². The first-order valence-corrected chi connectivity index (χ1v) is 11.9. The summed E-state index contributed by atoms with van der Waals surface area (Å²) in [6.45, 7) is 8.40. The van der Waals surface area contributed by atoms with E-state index in [4.69, 9.17) is 18.6 Å². The molecule has 3 aromatic rings. The van der Waals surface area contributed by atoms with Crippen molar-refractivity contribution < 1.29 is 23.4 Å². The number of furan rings is 1. The molecule has 0 spiro atoms. The van der Waals surface area contributed by atoms with E-state index in [0.29, 0.717) is 56.6 Å². The predicted molar refractivity (Wildman–Crippen MR) is 128 cm³/mol. The van der Waals surface area contributed by atoms with Crippen LogP contribution in [0.5, 0.6) is 11.5 Å². The minimum Gasteiger partial charge on any atom is -0.490 e. The molecule has 1 aliphatic heterocycles. The van der Waals surface area contributed by atoms with Crippen molar-refractivity contribution >= 4 is 23.4 Å². The van der Waals surface area contributed by atoms with Gasteiger partial charge in [-0.05, 0) is 57.5 Å². The molecule has 4 rings (SSSR count). The molecule has 0 N–H and O–H groups in total. The average molecular weight is 483 g/mol. The molecule has 1 atom stereocenters. The zero-order valence-corrected chi connectivity index (χ0v) is 20.3. The summed E-state index contributed by atoms with van der Waals surface area (Å²) in [5, 5.41) is 0. The van der Waals surface area contributed by atoms with E-state index in [0.717, 1.165) is 0 Å². The number of hydrogen-bond acceptors (Lipinski definition) is 8. The van der Waals surface area contributed by atoms with Gasteiger partial charge in [-0.3, -0.25) is 9.36 Å². The number of fused-ring (bicyclic) bond motifs is 1. The van der Waals surface area contributed by atoms with Crippen LogP contribution in [-0.4, -0.2) is 30.4 Å². The van der Waals surface area contributed by atoms with Gasteiger partial charge < -0.3 is 18.6 Å². The van der Waals surface area contributed by atoms with Crippen molar-refractivity contribution in [1.29, 1.82) is 0 Å². The topological polar surface area (TPSA) is 92.3 Å². The fourth-order valence-electron chi connectivity index (χ4n) is 3.85. The molecule has 2 aromatic heterocycles. The normalized spacial score (nSPS) is 15.6. The lowest BCUT2D eigenvalue weighted by atomic mass is 9.95. The summed E-state index contributed by atoms with van der Waals surface area (Å²) < 4.78 is 24.2. The third-order valence-electron chi connectivity index (χ3n) is 5.22. The fourth-order valence-corrected chi connectivity index (χ4v) is 4.87. The Morgan fingerprint density at radius 2 is 1.91 bits per heavy atom. The monoisotopic (exact) mass is 482 g/mol. The number of carbonyl (C=O) groups excluding carboxylic acids is 1. The molecule has 3 heterocycles. The van der Waals surface area contributed by atoms with Gasteiger partial charge in [0.25, 0.3) is 5.56 Å². The number of carbonyl (C=O) groups is 1. The third kappa shape index (κ3) is 4.43. The molecule has 0 saturated carbocycles. The molecule has 0 radical (unpaired) electrons. The van der Waals surface area contributed by atoms with E-state index in [2.05, 4.69) is 4.99 Å². The summed E-state index contributed by atoms with van der Waals surface area (Å²) in [5.74, 6) is 1.18. The summed E-state index contributed by atoms with van der Waals surface area (Å²) in [6.07, 6.45) is 3.22. The maximum atomic E-state index is 13.5. The van der Waals surface area contributed by atoms with Crippen LogP contribution in [0.15, 0.2) is 62.1 Å². The van der Waals surface area contributed by atoms with Crippen LogP contribution in [0.4, 0.5) is 0 Å². The van der Waals surface area contributed by atoms with Gasteiger partial charge in [0.15, 0.2) is 16.3 Å². The number of rotatable bonds is 8. The van der Waals surface area contributed by atoms with Crippen LogP contribution in [-0.2, 0) is 9.53 Å². The lowest BCUT2D eigenvalue weighted by Gasteiger charge is -2.25. The number of nitrogens with zero attached hydrogens (tertiary/aromatic N) is 2. The quantitative estimate of drug-likeness (QED) is 0.458. The molecule has 0 bridgehead atoms. The van der Waals surface area contributed by atoms with Crippen molar-refractivity contribution in [1.82, 2.24) is 4.57 Å². The average Bonchev–Trinajstić information content (AvgIpc) is 3.43. The summed E-state index contributed by atoms with van der Waals surface area (Å²) in [6, 6.07) is 8.22. The number of esters is 1. The molecule has 0 amide bonds. The van der Waals surface area contributed by atoms with Crippen molar-refractivity contribution in [3.8, 4) is 11.5 Å². The van der Waals surface area contributed by atoms with Crippen LogP contribution in [0.1, 0.15) is 45.1 Å². The molecule has 0 fully saturated rings. The Hall–Kier alpha value is -3.59. The maximum Gasteiger partial charge on any atom is 0.338 e. The highest BCUT2D eigenvalue weighted by Crippen LogP contribution is 2.36. The van der Waals surface area contributed by atoms with Gasteiger partial charge in [-0.2, -0.15) is 0 Å². The van der Waals surface area contributed by atoms with E-state index >= 15 is 0 Å². The number of aromatic nitrogens is 1. The Morgan fingerprint density at radius 3 is 2.59 bits per heavy atom. The number of hydrogen-bond donors (Lipinski definition) is 0. The van der Waals surface area contributed by atoms with Gasteiger partial charge in [0.05, 0.1) is 47.9 Å². The van der Waals surface area contributed by atoms with E-state index in [1.54, 1.807) is 50.5 Å². The minimum absolute atomic E-state index is 0.207. The van der Waals surface area contributed by atoms with Crippen LogP contribution in [0, 0.1) is 0 Å². The van der Waals surface area contributed by atoms with Crippen molar-refractivity contribution in [2.45, 2.75) is 33.7 Å². The first-order chi connectivity index (χ1) is 16.5. The Morgan fingerprint density at radius 1 is 1.15 bits per heavy atom. The van der Waals surface area contributed by atoms with E-state index < -0.39 is 12.0 Å². The second kappa shape index (κ2) is 10.1. The van der Waals surface area contributed by atoms with Crippen molar-refractivity contribution in [3.05, 3.63) is 78.9 Å². The van der Waals surface area contributed by atoms with Gasteiger partial charge in [-0.15, -0.1) is 0 Å². The van der Waals surface area contributed by atoms with E-state index in [1.165, 1.54) is 15.9 Å². The molecule has 1 unspecified atom stereocenters. The molecular formula is C25H26N2O6S. The molecule has 34 heavy (non-hydrogen) atoms. The van der Waals surface area contributed by atoms with Crippen LogP contribution in [0.2, 0.25) is 0 Å². The van der Waals surface area contributed by atoms with Crippen molar-refractivity contribution in [3.63, 3.8) is 0 Å². The number of thiazole rings is 1. The smallest absolute Gasteiger partial charge is 0.338 e. The van der Waals surface area contributed by atoms with Crippen molar-refractivity contribution in [2.24, 2.45) is 4.99 Å². The molecular weight excluding hydrogens is 456 g/mol. The molecule has 0 saturated heterocycles. The highest BCUT2D eigenvalue weighted by Gasteiger charge is 2.34. The first kappa shape index (κ1) is 23.6. The number of allylic oxidation sites excluding steroid dienone is 1. The van der Waals surface area contributed by atoms with E-state index in [9.17, 15) is 9.59 Å². The fraction of sp³-hybridized carbons (Fsp3) is 0.320. The van der Waals surface area contributed by atoms with Crippen LogP contribution in [0.25, 0.3) is 6.08 Å². The second-order valence-electron chi connectivity index (χ2n) is 7.39. The first-order valence-electron chi connectivity index (χ1n) is 11.1. The van der Waals surface area contributed by atoms with Gasteiger partial charge in [0, 0.05) is 6.08 Å². The summed E-state index contributed by atoms with van der Waals surface area (Å²) in [7, 11) is 0. The Bertz CT molecular complexity index is 1400. The summed E-state index contributed by atoms with van der Waals surface area (Å²) in [5.41, 5.74) is 1.23. The highest BCUT2D eigenvalue weighted by molar-refractivity contribution is 7.07. The number of ether oxygens (including phenoxy) is 3. The Balaban J connectivity index is 1.95. The lowest BCUT2D eigenvalue weighted by Crippen LogP contribution is -2.40. The van der Waals surface area contributed by atoms with Gasteiger partial charge in [0.1, 0.15) is 5.76 Å². The van der Waals surface area contributed by atoms with Gasteiger partial charge in [-0.25, -0.2) is 9.79 Å². The number of benzene rings is 1. The molecule has 1 aliphatic rings. The molecule has 178 valence electrons. The lowest BCUT2D eigenvalue weighted by molar-refractivity contribution is -0.139. The van der Waals surface area contributed by atoms with Gasteiger partial charge >= 0.3 is 5.97 Å².